The van der Waals surface area contributed by atoms with Crippen molar-refractivity contribution in [3.63, 3.8) is 0 Å². The summed E-state index contributed by atoms with van der Waals surface area (Å²) in [5, 5.41) is 0.285. The van der Waals surface area contributed by atoms with Gasteiger partial charge in [0.15, 0.2) is 5.69 Å². The van der Waals surface area contributed by atoms with Gasteiger partial charge in [-0.3, -0.25) is 4.79 Å². The van der Waals surface area contributed by atoms with Crippen molar-refractivity contribution < 1.29 is 9.53 Å². The quantitative estimate of drug-likeness (QED) is 0.748. The predicted octanol–water partition coefficient (Wildman–Crippen LogP) is 2.84. The summed E-state index contributed by atoms with van der Waals surface area (Å²) >= 11 is 6.24. The van der Waals surface area contributed by atoms with E-state index in [4.69, 9.17) is 16.3 Å². The number of rotatable bonds is 5. The van der Waals surface area contributed by atoms with Gasteiger partial charge in [-0.15, -0.1) is 0 Å². The van der Waals surface area contributed by atoms with Crippen LogP contribution in [0.5, 0.6) is 0 Å². The van der Waals surface area contributed by atoms with Gasteiger partial charge in [-0.25, -0.2) is 9.97 Å². The van der Waals surface area contributed by atoms with Crippen LogP contribution in [0.4, 0.5) is 11.6 Å². The lowest BCUT2D eigenvalue weighted by atomic mass is 10.1. The first-order valence-electron chi connectivity index (χ1n) is 10.1. The first-order valence-corrected chi connectivity index (χ1v) is 10.4. The molecule has 0 unspecified atom stereocenters. The monoisotopic (exact) mass is 415 g/mol. The zero-order chi connectivity index (χ0) is 20.2. The van der Waals surface area contributed by atoms with Crippen molar-refractivity contribution in [1.29, 1.82) is 0 Å². The summed E-state index contributed by atoms with van der Waals surface area (Å²) in [6, 6.07) is 8.32. The fourth-order valence-corrected chi connectivity index (χ4v) is 3.91. The maximum absolute atomic E-state index is 13.0. The van der Waals surface area contributed by atoms with Crippen LogP contribution in [0.25, 0.3) is 0 Å². The predicted molar refractivity (Wildman–Crippen MR) is 114 cm³/mol. The zero-order valence-corrected chi connectivity index (χ0v) is 17.4. The third-order valence-corrected chi connectivity index (χ3v) is 5.68. The minimum Gasteiger partial charge on any atom is -0.378 e. The number of morpholine rings is 1. The average Bonchev–Trinajstić information content (AvgIpc) is 3.30. The molecule has 0 N–H and O–H groups in total. The zero-order valence-electron chi connectivity index (χ0n) is 16.7. The van der Waals surface area contributed by atoms with Crippen LogP contribution >= 0.6 is 11.6 Å². The fraction of sp³-hybridized carbons (Fsp3) is 0.476. The van der Waals surface area contributed by atoms with E-state index in [0.717, 1.165) is 57.8 Å². The van der Waals surface area contributed by atoms with Crippen LogP contribution < -0.4 is 9.80 Å². The largest absolute Gasteiger partial charge is 0.378 e. The van der Waals surface area contributed by atoms with Gasteiger partial charge in [-0.1, -0.05) is 23.7 Å². The average molecular weight is 416 g/mol. The molecule has 154 valence electrons. The first-order chi connectivity index (χ1) is 14.1. The van der Waals surface area contributed by atoms with Gasteiger partial charge in [0.05, 0.1) is 24.4 Å². The van der Waals surface area contributed by atoms with Crippen LogP contribution in [0.1, 0.15) is 28.9 Å². The number of hydrogen-bond acceptors (Lipinski definition) is 6. The molecular formula is C21H26ClN5O2. The Morgan fingerprint density at radius 1 is 1.10 bits per heavy atom. The van der Waals surface area contributed by atoms with Crippen molar-refractivity contribution in [1.82, 2.24) is 14.9 Å². The van der Waals surface area contributed by atoms with Gasteiger partial charge in [-0.2, -0.15) is 0 Å². The Hall–Kier alpha value is -2.38. The molecule has 0 radical (unpaired) electrons. The van der Waals surface area contributed by atoms with E-state index in [9.17, 15) is 4.79 Å². The molecule has 2 aliphatic heterocycles. The van der Waals surface area contributed by atoms with Gasteiger partial charge in [0.2, 0.25) is 5.95 Å². The number of hydrogen-bond donors (Lipinski definition) is 0. The van der Waals surface area contributed by atoms with Gasteiger partial charge in [-0.05, 0) is 30.5 Å². The van der Waals surface area contributed by atoms with E-state index < -0.39 is 0 Å². The van der Waals surface area contributed by atoms with Crippen molar-refractivity contribution >= 4 is 29.1 Å². The van der Waals surface area contributed by atoms with Crippen molar-refractivity contribution in [3.05, 3.63) is 46.7 Å². The number of carbonyl (C=O) groups is 1. The molecule has 0 saturated carbocycles. The number of aromatic nitrogens is 2. The Morgan fingerprint density at radius 2 is 1.79 bits per heavy atom. The second-order valence-corrected chi connectivity index (χ2v) is 7.89. The minimum absolute atomic E-state index is 0.199. The van der Waals surface area contributed by atoms with Gasteiger partial charge in [0, 0.05) is 45.5 Å². The van der Waals surface area contributed by atoms with Crippen LogP contribution in [0.3, 0.4) is 0 Å². The molecule has 7 nitrogen and oxygen atoms in total. The number of carbonyl (C=O) groups excluding carboxylic acids is 1. The highest BCUT2D eigenvalue weighted by atomic mass is 35.5. The molecule has 0 spiro atoms. The lowest BCUT2D eigenvalue weighted by molar-refractivity contribution is 0.0779. The molecule has 3 heterocycles. The standard InChI is InChI=1S/C21H26ClN5O2/c1-25(15-16-4-6-17(7-5-16)26-10-12-29-13-11-26)20(28)19-18(22)14-23-21(24-19)27-8-2-3-9-27/h4-7,14H,2-3,8-13,15H2,1H3. The SMILES string of the molecule is CN(Cc1ccc(N2CCOCC2)cc1)C(=O)c1nc(N2CCCC2)ncc1Cl. The van der Waals surface area contributed by atoms with Crippen LogP contribution in [0.15, 0.2) is 30.5 Å². The summed E-state index contributed by atoms with van der Waals surface area (Å²) in [5.41, 5.74) is 2.50. The lowest BCUT2D eigenvalue weighted by Gasteiger charge is -2.29. The molecule has 4 rings (SSSR count). The smallest absolute Gasteiger partial charge is 0.274 e. The van der Waals surface area contributed by atoms with E-state index in [1.165, 1.54) is 11.9 Å². The number of anilines is 2. The van der Waals surface area contributed by atoms with Crippen LogP contribution in [0, 0.1) is 0 Å². The maximum Gasteiger partial charge on any atom is 0.274 e. The minimum atomic E-state index is -0.199. The highest BCUT2D eigenvalue weighted by Gasteiger charge is 2.22. The normalized spacial score (nSPS) is 16.9. The van der Waals surface area contributed by atoms with Gasteiger partial charge in [0.1, 0.15) is 0 Å². The summed E-state index contributed by atoms with van der Waals surface area (Å²) in [7, 11) is 1.77. The molecule has 29 heavy (non-hydrogen) atoms. The second-order valence-electron chi connectivity index (χ2n) is 7.49. The molecular weight excluding hydrogens is 390 g/mol. The molecule has 0 atom stereocenters. The second kappa shape index (κ2) is 8.97. The lowest BCUT2D eigenvalue weighted by Crippen LogP contribution is -2.36. The molecule has 8 heteroatoms. The molecule has 1 aromatic heterocycles. The summed E-state index contributed by atoms with van der Waals surface area (Å²) in [6.45, 7) is 5.66. The molecule has 2 aromatic rings. The number of benzene rings is 1. The van der Waals surface area contributed by atoms with E-state index >= 15 is 0 Å². The van der Waals surface area contributed by atoms with Crippen LogP contribution in [-0.2, 0) is 11.3 Å². The number of ether oxygens (including phenoxy) is 1. The van der Waals surface area contributed by atoms with Crippen molar-refractivity contribution in [3.8, 4) is 0 Å². The Morgan fingerprint density at radius 3 is 2.48 bits per heavy atom. The highest BCUT2D eigenvalue weighted by Crippen LogP contribution is 2.22. The first kappa shape index (κ1) is 19.9. The molecule has 0 bridgehead atoms. The van der Waals surface area contributed by atoms with E-state index in [1.54, 1.807) is 11.9 Å². The van der Waals surface area contributed by atoms with E-state index in [-0.39, 0.29) is 16.6 Å². The molecule has 2 aliphatic rings. The maximum atomic E-state index is 13.0. The van der Waals surface area contributed by atoms with Crippen LogP contribution in [0.2, 0.25) is 5.02 Å². The third kappa shape index (κ3) is 4.62. The summed E-state index contributed by atoms with van der Waals surface area (Å²) in [6.07, 6.45) is 3.77. The Balaban J connectivity index is 1.43. The van der Waals surface area contributed by atoms with Gasteiger partial charge >= 0.3 is 0 Å². The number of amides is 1. The number of halogens is 1. The van der Waals surface area contributed by atoms with E-state index in [0.29, 0.717) is 12.5 Å². The molecule has 2 saturated heterocycles. The Labute approximate surface area is 176 Å². The summed E-state index contributed by atoms with van der Waals surface area (Å²) < 4.78 is 5.41. The summed E-state index contributed by atoms with van der Waals surface area (Å²) in [4.78, 5) is 27.8. The van der Waals surface area contributed by atoms with E-state index in [2.05, 4.69) is 44.0 Å². The highest BCUT2D eigenvalue weighted by molar-refractivity contribution is 6.33. The third-order valence-electron chi connectivity index (χ3n) is 5.40. The van der Waals surface area contributed by atoms with Crippen molar-refractivity contribution in [2.24, 2.45) is 0 Å². The Bertz CT molecular complexity index is 849. The molecule has 2 fully saturated rings. The Kier molecular flexibility index (Phi) is 6.16. The van der Waals surface area contributed by atoms with Gasteiger partial charge in [0.25, 0.3) is 5.91 Å². The van der Waals surface area contributed by atoms with E-state index in [1.807, 2.05) is 0 Å². The fourth-order valence-electron chi connectivity index (χ4n) is 3.74. The molecule has 1 amide bonds. The molecule has 1 aromatic carbocycles. The van der Waals surface area contributed by atoms with Crippen LogP contribution in [-0.4, -0.2) is 67.2 Å². The molecule has 0 aliphatic carbocycles. The van der Waals surface area contributed by atoms with Crippen molar-refractivity contribution in [2.45, 2.75) is 19.4 Å². The topological polar surface area (TPSA) is 61.8 Å². The number of nitrogens with zero attached hydrogens (tertiary/aromatic N) is 5. The van der Waals surface area contributed by atoms with Gasteiger partial charge < -0.3 is 19.4 Å². The van der Waals surface area contributed by atoms with Crippen molar-refractivity contribution in [2.75, 3.05) is 56.2 Å². The summed E-state index contributed by atoms with van der Waals surface area (Å²) in [5.74, 6) is 0.383.